The highest BCUT2D eigenvalue weighted by Crippen LogP contribution is 2.42. The molecule has 1 unspecified atom stereocenters. The van der Waals surface area contributed by atoms with Gasteiger partial charge in [0.1, 0.15) is 29.0 Å². The third kappa shape index (κ3) is 6.71. The molecule has 1 amide bonds. The van der Waals surface area contributed by atoms with Crippen LogP contribution in [0.1, 0.15) is 38.0 Å². The van der Waals surface area contributed by atoms with Crippen LogP contribution in [0, 0.1) is 0 Å². The average Bonchev–Trinajstić information content (AvgIpc) is 2.81. The van der Waals surface area contributed by atoms with E-state index in [-0.39, 0.29) is 12.2 Å². The number of thioether (sulfide) groups is 1. The maximum absolute atomic E-state index is 12.5. The summed E-state index contributed by atoms with van der Waals surface area (Å²) in [6.45, 7) is 6.92. The van der Waals surface area contributed by atoms with E-state index < -0.39 is 5.60 Å². The molecule has 3 rings (SSSR count). The molecule has 0 bridgehead atoms. The number of benzene rings is 2. The molecule has 0 spiro atoms. The first-order valence-corrected chi connectivity index (χ1v) is 11.8. The highest BCUT2D eigenvalue weighted by atomic mass is 32.2. The molecule has 0 aliphatic carbocycles. The van der Waals surface area contributed by atoms with Gasteiger partial charge in [-0.3, -0.25) is 0 Å². The molecular weight excluding hydrogens is 442 g/mol. The van der Waals surface area contributed by atoms with E-state index in [1.807, 2.05) is 57.2 Å². The number of carbonyl (C=O) groups is 1. The molecule has 33 heavy (non-hydrogen) atoms. The molecule has 7 nitrogen and oxygen atoms in total. The summed E-state index contributed by atoms with van der Waals surface area (Å²) < 4.78 is 28.2. The first kappa shape index (κ1) is 25.1. The van der Waals surface area contributed by atoms with Gasteiger partial charge in [0.05, 0.1) is 39.4 Å². The van der Waals surface area contributed by atoms with Crippen molar-refractivity contribution in [1.29, 1.82) is 0 Å². The Labute approximate surface area is 200 Å². The Morgan fingerprint density at radius 2 is 1.70 bits per heavy atom. The second-order valence-electron chi connectivity index (χ2n) is 8.68. The minimum Gasteiger partial charge on any atom is -0.497 e. The standard InChI is InChI=1S/C25H33NO6S/c1-25(2,3)32-24(27)26-11-12-31-22(15-26)18-13-20(29-5)23(21(14-18)30-6)33-16-17-7-9-19(28-4)10-8-17/h7-10,13-14,22H,11-12,15-16H2,1-6H3. The highest BCUT2D eigenvalue weighted by molar-refractivity contribution is 7.98. The quantitative estimate of drug-likeness (QED) is 0.503. The minimum atomic E-state index is -0.542. The van der Waals surface area contributed by atoms with Crippen LogP contribution in [0.3, 0.4) is 0 Å². The summed E-state index contributed by atoms with van der Waals surface area (Å²) in [5.41, 5.74) is 1.52. The molecule has 0 saturated carbocycles. The molecule has 8 heteroatoms. The Morgan fingerprint density at radius 3 is 2.24 bits per heavy atom. The van der Waals surface area contributed by atoms with Crippen molar-refractivity contribution < 1.29 is 28.5 Å². The van der Waals surface area contributed by atoms with Crippen molar-refractivity contribution >= 4 is 17.9 Å². The second-order valence-corrected chi connectivity index (χ2v) is 9.66. The van der Waals surface area contributed by atoms with Crippen LogP contribution in [0.15, 0.2) is 41.3 Å². The lowest BCUT2D eigenvalue weighted by molar-refractivity contribution is -0.0433. The molecule has 1 aliphatic rings. The van der Waals surface area contributed by atoms with Crippen LogP contribution in [0.2, 0.25) is 0 Å². The van der Waals surface area contributed by atoms with Crippen LogP contribution in [0.4, 0.5) is 4.79 Å². The first-order chi connectivity index (χ1) is 15.7. The summed E-state index contributed by atoms with van der Waals surface area (Å²) >= 11 is 1.64. The largest absolute Gasteiger partial charge is 0.497 e. The molecule has 0 aromatic heterocycles. The SMILES string of the molecule is COc1ccc(CSc2c(OC)cc(C3CN(C(=O)OC(C)(C)C)CCO3)cc2OC)cc1. The van der Waals surface area contributed by atoms with E-state index in [9.17, 15) is 4.79 Å². The van der Waals surface area contributed by atoms with Crippen molar-refractivity contribution in [2.24, 2.45) is 0 Å². The van der Waals surface area contributed by atoms with Crippen LogP contribution in [-0.2, 0) is 15.2 Å². The minimum absolute atomic E-state index is 0.297. The van der Waals surface area contributed by atoms with E-state index in [1.165, 1.54) is 0 Å². The van der Waals surface area contributed by atoms with Gasteiger partial charge in [0, 0.05) is 12.3 Å². The first-order valence-electron chi connectivity index (χ1n) is 10.8. The van der Waals surface area contributed by atoms with Gasteiger partial charge in [-0.25, -0.2) is 4.79 Å². The molecule has 0 N–H and O–H groups in total. The molecule has 0 radical (unpaired) electrons. The zero-order valence-corrected chi connectivity index (χ0v) is 21.0. The topological polar surface area (TPSA) is 66.5 Å². The number of morpholine rings is 1. The van der Waals surface area contributed by atoms with E-state index in [0.29, 0.717) is 31.2 Å². The van der Waals surface area contributed by atoms with Crippen LogP contribution in [0.5, 0.6) is 17.2 Å². The van der Waals surface area contributed by atoms with Crippen LogP contribution in [-0.4, -0.2) is 57.6 Å². The Morgan fingerprint density at radius 1 is 1.06 bits per heavy atom. The summed E-state index contributed by atoms with van der Waals surface area (Å²) in [7, 11) is 4.94. The fraction of sp³-hybridized carbons (Fsp3) is 0.480. The fourth-order valence-electron chi connectivity index (χ4n) is 3.45. The molecule has 1 heterocycles. The molecule has 2 aromatic rings. The third-order valence-electron chi connectivity index (χ3n) is 5.12. The van der Waals surface area contributed by atoms with Crippen molar-refractivity contribution in [3.05, 3.63) is 47.5 Å². The van der Waals surface area contributed by atoms with E-state index in [0.717, 1.165) is 27.5 Å². The normalized spacial score (nSPS) is 16.3. The predicted molar refractivity (Wildman–Crippen MR) is 129 cm³/mol. The predicted octanol–water partition coefficient (Wildman–Crippen LogP) is 5.31. The molecule has 2 aromatic carbocycles. The summed E-state index contributed by atoms with van der Waals surface area (Å²) in [5.74, 6) is 3.00. The number of rotatable bonds is 7. The van der Waals surface area contributed by atoms with E-state index in [1.54, 1.807) is 38.0 Å². The van der Waals surface area contributed by atoms with E-state index in [4.69, 9.17) is 23.7 Å². The molecule has 1 saturated heterocycles. The van der Waals surface area contributed by atoms with Crippen molar-refractivity contribution in [3.8, 4) is 17.2 Å². The Balaban J connectivity index is 1.77. The zero-order valence-electron chi connectivity index (χ0n) is 20.2. The number of ether oxygens (including phenoxy) is 5. The zero-order chi connectivity index (χ0) is 24.0. The number of hydrogen-bond donors (Lipinski definition) is 0. The number of methoxy groups -OCH3 is 3. The molecule has 1 atom stereocenters. The summed E-state index contributed by atoms with van der Waals surface area (Å²) in [6, 6.07) is 11.9. The third-order valence-corrected chi connectivity index (χ3v) is 6.28. The van der Waals surface area contributed by atoms with Gasteiger partial charge in [-0.15, -0.1) is 11.8 Å². The lowest BCUT2D eigenvalue weighted by atomic mass is 10.1. The van der Waals surface area contributed by atoms with Gasteiger partial charge in [0.2, 0.25) is 0 Å². The van der Waals surface area contributed by atoms with Gasteiger partial charge in [-0.1, -0.05) is 12.1 Å². The Bertz CT molecular complexity index is 916. The lowest BCUT2D eigenvalue weighted by Crippen LogP contribution is -2.44. The van der Waals surface area contributed by atoms with Gasteiger partial charge in [-0.2, -0.15) is 0 Å². The van der Waals surface area contributed by atoms with Crippen LogP contribution < -0.4 is 14.2 Å². The monoisotopic (exact) mass is 475 g/mol. The molecule has 1 fully saturated rings. The number of hydrogen-bond acceptors (Lipinski definition) is 7. The average molecular weight is 476 g/mol. The van der Waals surface area contributed by atoms with Crippen molar-refractivity contribution in [2.75, 3.05) is 41.0 Å². The smallest absolute Gasteiger partial charge is 0.410 e. The molecule has 1 aliphatic heterocycles. The van der Waals surface area contributed by atoms with Gasteiger partial charge in [0.15, 0.2) is 0 Å². The van der Waals surface area contributed by atoms with E-state index in [2.05, 4.69) is 0 Å². The summed E-state index contributed by atoms with van der Waals surface area (Å²) in [6.07, 6.45) is -0.629. The van der Waals surface area contributed by atoms with Gasteiger partial charge < -0.3 is 28.6 Å². The maximum Gasteiger partial charge on any atom is 0.410 e. The molecule has 180 valence electrons. The van der Waals surface area contributed by atoms with Gasteiger partial charge >= 0.3 is 6.09 Å². The second kappa shape index (κ2) is 11.0. The van der Waals surface area contributed by atoms with E-state index >= 15 is 0 Å². The molecular formula is C25H33NO6S. The highest BCUT2D eigenvalue weighted by Gasteiger charge is 2.30. The van der Waals surface area contributed by atoms with Crippen LogP contribution in [0.25, 0.3) is 0 Å². The van der Waals surface area contributed by atoms with Crippen molar-refractivity contribution in [3.63, 3.8) is 0 Å². The van der Waals surface area contributed by atoms with Gasteiger partial charge in [0.25, 0.3) is 0 Å². The Kier molecular flexibility index (Phi) is 8.37. The van der Waals surface area contributed by atoms with Crippen molar-refractivity contribution in [1.82, 2.24) is 4.90 Å². The fourth-order valence-corrected chi connectivity index (χ4v) is 4.52. The Hall–Kier alpha value is -2.58. The summed E-state index contributed by atoms with van der Waals surface area (Å²) in [5, 5.41) is 0. The number of amides is 1. The van der Waals surface area contributed by atoms with Crippen LogP contribution >= 0.6 is 11.8 Å². The van der Waals surface area contributed by atoms with Gasteiger partial charge in [-0.05, 0) is 56.2 Å². The summed E-state index contributed by atoms with van der Waals surface area (Å²) in [4.78, 5) is 15.1. The van der Waals surface area contributed by atoms with Crippen molar-refractivity contribution in [2.45, 2.75) is 43.1 Å². The number of carbonyl (C=O) groups excluding carboxylic acids is 1. The lowest BCUT2D eigenvalue weighted by Gasteiger charge is -2.34. The maximum atomic E-state index is 12.5. The number of nitrogens with zero attached hydrogens (tertiary/aromatic N) is 1.